The average Bonchev–Trinajstić information content (AvgIpc) is 2.66. The molecule has 2 rings (SSSR count). The third-order valence-electron chi connectivity index (χ3n) is 3.20. The Balaban J connectivity index is 2.49. The van der Waals surface area contributed by atoms with Crippen molar-refractivity contribution in [1.29, 1.82) is 0 Å². The summed E-state index contributed by atoms with van der Waals surface area (Å²) in [5.74, 6) is -0.885. The number of amides is 1. The van der Waals surface area contributed by atoms with Gasteiger partial charge in [0.15, 0.2) is 4.87 Å². The number of nitrogens with one attached hydrogen (secondary N) is 1. The maximum atomic E-state index is 12.7. The molecule has 0 spiro atoms. The molecular weight excluding hydrogens is 302 g/mol. The maximum Gasteiger partial charge on any atom is 0.416 e. The lowest BCUT2D eigenvalue weighted by molar-refractivity contribution is -0.137. The van der Waals surface area contributed by atoms with Gasteiger partial charge < -0.3 is 5.32 Å². The molecule has 0 aromatic heterocycles. The molecule has 2 unspecified atom stereocenters. The molecule has 0 radical (unpaired) electrons. The molecule has 2 nitrogen and oxygen atoms in total. The summed E-state index contributed by atoms with van der Waals surface area (Å²) >= 11 is 12.0. The predicted molar refractivity (Wildman–Crippen MR) is 66.2 cm³/mol. The van der Waals surface area contributed by atoms with Crippen LogP contribution in [0.5, 0.6) is 0 Å². The van der Waals surface area contributed by atoms with E-state index in [0.29, 0.717) is 0 Å². The van der Waals surface area contributed by atoms with Crippen molar-refractivity contribution < 1.29 is 18.0 Å². The van der Waals surface area contributed by atoms with E-state index in [0.717, 1.165) is 12.1 Å². The van der Waals surface area contributed by atoms with Crippen molar-refractivity contribution in [3.8, 4) is 0 Å². The van der Waals surface area contributed by atoms with Crippen LogP contribution in [0.15, 0.2) is 24.3 Å². The Morgan fingerprint density at radius 1 is 1.42 bits per heavy atom. The Kier molecular flexibility index (Phi) is 3.71. The van der Waals surface area contributed by atoms with Gasteiger partial charge in [0.2, 0.25) is 5.91 Å². The molecule has 1 aromatic carbocycles. The highest BCUT2D eigenvalue weighted by Crippen LogP contribution is 2.42. The molecule has 1 fully saturated rings. The van der Waals surface area contributed by atoms with Gasteiger partial charge in [0.05, 0.1) is 5.56 Å². The molecule has 1 aliphatic heterocycles. The van der Waals surface area contributed by atoms with Crippen molar-refractivity contribution >= 4 is 29.1 Å². The first-order chi connectivity index (χ1) is 8.80. The first-order valence-corrected chi connectivity index (χ1v) is 6.42. The van der Waals surface area contributed by atoms with Gasteiger partial charge in [-0.3, -0.25) is 4.79 Å². The molecule has 19 heavy (non-hydrogen) atoms. The van der Waals surface area contributed by atoms with Crippen LogP contribution in [0.4, 0.5) is 13.2 Å². The average molecular weight is 312 g/mol. The summed E-state index contributed by atoms with van der Waals surface area (Å²) < 4.78 is 38.1. The molecule has 104 valence electrons. The van der Waals surface area contributed by atoms with Gasteiger partial charge >= 0.3 is 6.18 Å². The Hall–Kier alpha value is -0.940. The lowest BCUT2D eigenvalue weighted by Crippen LogP contribution is -2.35. The van der Waals surface area contributed by atoms with Crippen LogP contribution >= 0.6 is 23.2 Å². The molecule has 0 saturated carbocycles. The number of hydrogen-bond acceptors (Lipinski definition) is 1. The highest BCUT2D eigenvalue weighted by Gasteiger charge is 2.50. The van der Waals surface area contributed by atoms with Gasteiger partial charge in [0.1, 0.15) is 0 Å². The van der Waals surface area contributed by atoms with E-state index in [2.05, 4.69) is 5.32 Å². The molecular formula is C12H10Cl2F3NO. The highest BCUT2D eigenvalue weighted by atomic mass is 35.5. The second-order valence-corrected chi connectivity index (χ2v) is 5.26. The van der Waals surface area contributed by atoms with E-state index in [9.17, 15) is 18.0 Å². The van der Waals surface area contributed by atoms with E-state index >= 15 is 0 Å². The number of carbonyl (C=O) groups is 1. The van der Waals surface area contributed by atoms with Gasteiger partial charge in [0.25, 0.3) is 0 Å². The molecule has 1 aliphatic rings. The van der Waals surface area contributed by atoms with Gasteiger partial charge in [-0.1, -0.05) is 12.1 Å². The molecule has 1 saturated heterocycles. The second-order valence-electron chi connectivity index (χ2n) is 4.35. The molecule has 1 amide bonds. The lowest BCUT2D eigenvalue weighted by atomic mass is 9.87. The summed E-state index contributed by atoms with van der Waals surface area (Å²) in [6, 6.07) is 4.48. The highest BCUT2D eigenvalue weighted by molar-refractivity contribution is 6.36. The van der Waals surface area contributed by atoms with Crippen LogP contribution in [0.1, 0.15) is 11.1 Å². The fourth-order valence-corrected chi connectivity index (χ4v) is 2.88. The van der Waals surface area contributed by atoms with Gasteiger partial charge in [-0.25, -0.2) is 0 Å². The third kappa shape index (κ3) is 2.41. The van der Waals surface area contributed by atoms with Gasteiger partial charge in [-0.15, -0.1) is 23.2 Å². The van der Waals surface area contributed by atoms with Gasteiger partial charge in [0, 0.05) is 18.3 Å². The van der Waals surface area contributed by atoms with Crippen molar-refractivity contribution in [2.24, 2.45) is 5.92 Å². The van der Waals surface area contributed by atoms with Gasteiger partial charge in [-0.05, 0) is 17.7 Å². The van der Waals surface area contributed by atoms with E-state index < -0.39 is 28.4 Å². The number of alkyl halides is 5. The second kappa shape index (κ2) is 4.87. The minimum absolute atomic E-state index is 0.0818. The first-order valence-electron chi connectivity index (χ1n) is 5.51. The minimum atomic E-state index is -4.48. The monoisotopic (exact) mass is 311 g/mol. The largest absolute Gasteiger partial charge is 0.416 e. The first kappa shape index (κ1) is 14.5. The summed E-state index contributed by atoms with van der Waals surface area (Å²) in [6.07, 6.45) is -4.48. The van der Waals surface area contributed by atoms with Crippen LogP contribution in [0.3, 0.4) is 0 Å². The Morgan fingerprint density at radius 3 is 2.68 bits per heavy atom. The number of halogens is 5. The van der Waals surface area contributed by atoms with Crippen LogP contribution in [0, 0.1) is 5.92 Å². The number of benzene rings is 1. The van der Waals surface area contributed by atoms with E-state index in [-0.39, 0.29) is 18.0 Å². The third-order valence-corrected chi connectivity index (χ3v) is 4.27. The van der Waals surface area contributed by atoms with Crippen molar-refractivity contribution in [1.82, 2.24) is 5.32 Å². The minimum Gasteiger partial charge on any atom is -0.354 e. The Bertz CT molecular complexity index is 506. The smallest absolute Gasteiger partial charge is 0.354 e. The fraction of sp³-hybridized carbons (Fsp3) is 0.417. The zero-order chi connectivity index (χ0) is 14.3. The Labute approximate surface area is 117 Å². The predicted octanol–water partition coefficient (Wildman–Crippen LogP) is 3.12. The van der Waals surface area contributed by atoms with Crippen molar-refractivity contribution in [3.63, 3.8) is 0 Å². The number of carbonyl (C=O) groups excluding carboxylic acids is 1. The summed E-state index contributed by atoms with van der Waals surface area (Å²) in [5, 5.41) is 2.53. The molecule has 2 atom stereocenters. The van der Waals surface area contributed by atoms with E-state index in [1.807, 2.05) is 0 Å². The molecule has 7 heteroatoms. The van der Waals surface area contributed by atoms with Crippen molar-refractivity contribution in [3.05, 3.63) is 35.4 Å². The van der Waals surface area contributed by atoms with Crippen LogP contribution in [-0.4, -0.2) is 18.3 Å². The summed E-state index contributed by atoms with van der Waals surface area (Å²) in [5.41, 5.74) is -0.720. The molecule has 1 N–H and O–H groups in total. The summed E-state index contributed by atoms with van der Waals surface area (Å²) in [4.78, 5) is 10.3. The molecule has 1 aromatic rings. The van der Waals surface area contributed by atoms with Crippen LogP contribution in [0.25, 0.3) is 0 Å². The van der Waals surface area contributed by atoms with E-state index in [1.54, 1.807) is 0 Å². The lowest BCUT2D eigenvalue weighted by Gasteiger charge is -2.25. The van der Waals surface area contributed by atoms with Crippen LogP contribution in [-0.2, 0) is 15.8 Å². The molecule has 1 heterocycles. The zero-order valence-corrected chi connectivity index (χ0v) is 11.1. The zero-order valence-electron chi connectivity index (χ0n) is 9.60. The topological polar surface area (TPSA) is 29.1 Å². The Morgan fingerprint density at radius 2 is 2.11 bits per heavy atom. The number of hydrogen-bond donors (Lipinski definition) is 1. The van der Waals surface area contributed by atoms with Crippen molar-refractivity contribution in [2.45, 2.75) is 11.1 Å². The number of rotatable bonds is 2. The van der Waals surface area contributed by atoms with E-state index in [4.69, 9.17) is 23.2 Å². The summed E-state index contributed by atoms with van der Waals surface area (Å²) in [6.45, 7) is 0.252. The molecule has 0 bridgehead atoms. The summed E-state index contributed by atoms with van der Waals surface area (Å²) in [7, 11) is 0. The van der Waals surface area contributed by atoms with Crippen LogP contribution in [0.2, 0.25) is 0 Å². The SMILES string of the molecule is O=C1NCC(CCl)C1(Cl)c1cccc(C(F)(F)F)c1. The quantitative estimate of drug-likeness (QED) is 0.835. The van der Waals surface area contributed by atoms with Gasteiger partial charge in [-0.2, -0.15) is 13.2 Å². The maximum absolute atomic E-state index is 12.7. The van der Waals surface area contributed by atoms with Crippen molar-refractivity contribution in [2.75, 3.05) is 12.4 Å². The van der Waals surface area contributed by atoms with Crippen LogP contribution < -0.4 is 5.32 Å². The fourth-order valence-electron chi connectivity index (χ4n) is 2.12. The molecule has 0 aliphatic carbocycles. The standard InChI is InChI=1S/C12H10Cl2F3NO/c13-5-9-6-18-10(19)11(9,14)7-2-1-3-8(4-7)12(15,16)17/h1-4,9H,5-6H2,(H,18,19). The normalized spacial score (nSPS) is 27.4. The van der Waals surface area contributed by atoms with E-state index in [1.165, 1.54) is 12.1 Å².